The Hall–Kier alpha value is -3.38. The molecule has 0 saturated carbocycles. The number of aryl methyl sites for hydroxylation is 1. The molecule has 0 radical (unpaired) electrons. The Morgan fingerprint density at radius 3 is 0.959 bits per heavy atom. The molecule has 0 N–H and O–H groups in total. The first-order chi connectivity index (χ1) is 24.3. The number of rotatable bonds is 0. The number of benzene rings is 4. The zero-order valence-corrected chi connectivity index (χ0v) is 36.9. The summed E-state index contributed by atoms with van der Waals surface area (Å²) in [4.78, 5) is 0. The molecule has 0 saturated heterocycles. The number of hydrogen-bond acceptors (Lipinski definition) is 0. The highest BCUT2D eigenvalue weighted by Gasteiger charge is 2.15. The monoisotopic (exact) mass is 675 g/mol. The van der Waals surface area contributed by atoms with Crippen LogP contribution in [0.5, 0.6) is 0 Å². The first kappa shape index (κ1) is 60.9. The first-order valence-corrected chi connectivity index (χ1v) is 20.2. The zero-order valence-electron chi connectivity index (χ0n) is 36.9. The number of fused-ring (bicyclic) bond motifs is 4. The topological polar surface area (TPSA) is 0 Å². The Labute approximate surface area is 311 Å². The molecule has 4 aromatic rings. The van der Waals surface area contributed by atoms with E-state index in [0.717, 1.165) is 12.8 Å². The van der Waals surface area contributed by atoms with Crippen molar-refractivity contribution in [2.45, 2.75) is 158 Å². The van der Waals surface area contributed by atoms with Gasteiger partial charge in [-0.05, 0) is 53.1 Å². The van der Waals surface area contributed by atoms with Crippen molar-refractivity contribution < 1.29 is 0 Å². The number of hydrogen-bond donors (Lipinski definition) is 0. The minimum atomic E-state index is 1.10. The van der Waals surface area contributed by atoms with E-state index in [4.69, 9.17) is 0 Å². The molecule has 0 spiro atoms. The van der Waals surface area contributed by atoms with E-state index in [9.17, 15) is 0 Å². The van der Waals surface area contributed by atoms with Crippen LogP contribution in [-0.4, -0.2) is 0 Å². The van der Waals surface area contributed by atoms with Crippen LogP contribution in [0.25, 0.3) is 17.2 Å². The Kier molecular flexibility index (Phi) is 70.7. The summed E-state index contributed by atoms with van der Waals surface area (Å²) in [6.07, 6.45) is 6.60. The van der Waals surface area contributed by atoms with Gasteiger partial charge in [0.25, 0.3) is 0 Å². The molecular formula is C49H86. The van der Waals surface area contributed by atoms with E-state index in [1.54, 1.807) is 0 Å². The van der Waals surface area contributed by atoms with Gasteiger partial charge in [-0.1, -0.05) is 259 Å². The molecule has 0 atom stereocenters. The first-order valence-electron chi connectivity index (χ1n) is 20.2. The normalized spacial score (nSPS) is 8.27. The van der Waals surface area contributed by atoms with E-state index in [0.29, 0.717) is 0 Å². The lowest BCUT2D eigenvalue weighted by atomic mass is 10.1. The van der Waals surface area contributed by atoms with Gasteiger partial charge in [0.2, 0.25) is 0 Å². The van der Waals surface area contributed by atoms with Gasteiger partial charge in [0, 0.05) is 0 Å². The van der Waals surface area contributed by atoms with Crippen LogP contribution < -0.4 is 0 Å². The molecule has 2 aliphatic carbocycles. The lowest BCUT2D eigenvalue weighted by molar-refractivity contribution is 1.26. The molecule has 0 bridgehead atoms. The summed E-state index contributed by atoms with van der Waals surface area (Å²) in [5.41, 5.74) is 9.92. The molecule has 0 aromatic heterocycles. The molecular weight excluding hydrogens is 589 g/mol. The highest BCUT2D eigenvalue weighted by Crippen LogP contribution is 2.35. The molecule has 0 amide bonds. The molecule has 0 heteroatoms. The van der Waals surface area contributed by atoms with E-state index in [-0.39, 0.29) is 0 Å². The molecule has 0 heterocycles. The van der Waals surface area contributed by atoms with Crippen molar-refractivity contribution in [2.75, 3.05) is 0 Å². The van der Waals surface area contributed by atoms with Gasteiger partial charge in [0.15, 0.2) is 0 Å². The summed E-state index contributed by atoms with van der Waals surface area (Å²) in [5, 5.41) is 0. The van der Waals surface area contributed by atoms with Crippen LogP contribution >= 0.6 is 0 Å². The third-order valence-electron chi connectivity index (χ3n) is 5.34. The highest BCUT2D eigenvalue weighted by molar-refractivity contribution is 5.76. The SMILES string of the molecule is C1=Cc2ccccc2C1.CC.CC.CC.CC.CC.CC.CC.CC.CC.CC.Cc1ccccc1.c1ccc2c(c1)Cc1ccccc1-2. The molecule has 49 heavy (non-hydrogen) atoms. The van der Waals surface area contributed by atoms with E-state index in [1.807, 2.05) is 157 Å². The standard InChI is InChI=1S/C13H10.C9H8.C7H8.10C2H6/c1-3-7-12-10(5-1)9-11-6-2-4-8-13(11)12;1-2-5-9-7-3-6-8(9)4-1;1-7-5-3-2-4-6-7;10*1-2/h1-8H,9H2;1-6H,7H2;2-6H,1H3;10*1-2H3. The van der Waals surface area contributed by atoms with Crippen molar-refractivity contribution >= 4 is 6.08 Å². The number of allylic oxidation sites excluding steroid dienone is 1. The van der Waals surface area contributed by atoms with Gasteiger partial charge in [-0.25, -0.2) is 0 Å². The van der Waals surface area contributed by atoms with Gasteiger partial charge in [-0.3, -0.25) is 0 Å². The average molecular weight is 675 g/mol. The van der Waals surface area contributed by atoms with Gasteiger partial charge in [0.1, 0.15) is 0 Å². The summed E-state index contributed by atoms with van der Waals surface area (Å²) >= 11 is 0. The van der Waals surface area contributed by atoms with Crippen LogP contribution in [0, 0.1) is 6.92 Å². The fraction of sp³-hybridized carbons (Fsp3) is 0.469. The Morgan fingerprint density at radius 2 is 0.633 bits per heavy atom. The molecule has 4 aromatic carbocycles. The van der Waals surface area contributed by atoms with E-state index in [1.165, 1.54) is 38.9 Å². The molecule has 0 nitrogen and oxygen atoms in total. The maximum Gasteiger partial charge on any atom is -0.00135 e. The van der Waals surface area contributed by atoms with E-state index >= 15 is 0 Å². The van der Waals surface area contributed by atoms with Gasteiger partial charge in [-0.2, -0.15) is 0 Å². The Morgan fingerprint density at radius 1 is 0.327 bits per heavy atom. The Balaban J connectivity index is -0.0000000879. The lowest BCUT2D eigenvalue weighted by Crippen LogP contribution is -1.77. The van der Waals surface area contributed by atoms with Gasteiger partial charge in [0.05, 0.1) is 0 Å². The fourth-order valence-corrected chi connectivity index (χ4v) is 3.81. The van der Waals surface area contributed by atoms with E-state index in [2.05, 4.69) is 104 Å². The largest absolute Gasteiger partial charge is 0.0795 e. The predicted molar refractivity (Wildman–Crippen MR) is 239 cm³/mol. The van der Waals surface area contributed by atoms with E-state index < -0.39 is 0 Å². The molecule has 282 valence electrons. The zero-order chi connectivity index (χ0) is 39.9. The predicted octanol–water partition coefficient (Wildman–Crippen LogP) is 17.8. The maximum atomic E-state index is 2.22. The van der Waals surface area contributed by atoms with Crippen LogP contribution in [0.4, 0.5) is 0 Å². The average Bonchev–Trinajstić information content (AvgIpc) is 3.89. The van der Waals surface area contributed by atoms with Crippen molar-refractivity contribution in [1.29, 1.82) is 0 Å². The molecule has 0 fully saturated rings. The quantitative estimate of drug-likeness (QED) is 0.153. The van der Waals surface area contributed by atoms with Crippen molar-refractivity contribution in [3.05, 3.63) is 137 Å². The van der Waals surface area contributed by atoms with Crippen LogP contribution in [0.3, 0.4) is 0 Å². The summed E-state index contributed by atoms with van der Waals surface area (Å²) in [5.74, 6) is 0. The third-order valence-corrected chi connectivity index (χ3v) is 5.34. The second-order valence-electron chi connectivity index (χ2n) is 7.45. The Bertz CT molecular complexity index is 1060. The third kappa shape index (κ3) is 30.4. The van der Waals surface area contributed by atoms with Crippen molar-refractivity contribution in [1.82, 2.24) is 0 Å². The summed E-state index contributed by atoms with van der Waals surface area (Å²) in [7, 11) is 0. The summed E-state index contributed by atoms with van der Waals surface area (Å²) < 4.78 is 0. The van der Waals surface area contributed by atoms with Crippen LogP contribution in [-0.2, 0) is 12.8 Å². The van der Waals surface area contributed by atoms with Crippen molar-refractivity contribution in [3.63, 3.8) is 0 Å². The van der Waals surface area contributed by atoms with Crippen LogP contribution in [0.15, 0.2) is 109 Å². The van der Waals surface area contributed by atoms with Crippen LogP contribution in [0.1, 0.15) is 166 Å². The van der Waals surface area contributed by atoms with Gasteiger partial charge >= 0.3 is 0 Å². The van der Waals surface area contributed by atoms with Gasteiger partial charge in [-0.15, -0.1) is 0 Å². The molecule has 6 rings (SSSR count). The lowest BCUT2D eigenvalue weighted by Gasteiger charge is -1.98. The minimum Gasteiger partial charge on any atom is -0.0795 e. The molecule has 0 aliphatic heterocycles. The molecule has 0 unspecified atom stereocenters. The molecule has 2 aliphatic rings. The summed E-state index contributed by atoms with van der Waals surface area (Å²) in [6.45, 7) is 42.1. The fourth-order valence-electron chi connectivity index (χ4n) is 3.81. The van der Waals surface area contributed by atoms with Gasteiger partial charge < -0.3 is 0 Å². The minimum absolute atomic E-state index is 1.10. The highest BCUT2D eigenvalue weighted by atomic mass is 14.2. The van der Waals surface area contributed by atoms with Crippen molar-refractivity contribution in [3.8, 4) is 11.1 Å². The van der Waals surface area contributed by atoms with Crippen molar-refractivity contribution in [2.24, 2.45) is 0 Å². The second kappa shape index (κ2) is 56.9. The van der Waals surface area contributed by atoms with Crippen LogP contribution in [0.2, 0.25) is 0 Å². The summed E-state index contributed by atoms with van der Waals surface area (Å²) in [6, 6.07) is 36.1. The second-order valence-corrected chi connectivity index (χ2v) is 7.45. The smallest absolute Gasteiger partial charge is 0.00135 e. The maximum absolute atomic E-state index is 2.22.